The summed E-state index contributed by atoms with van der Waals surface area (Å²) in [7, 11) is 0. The number of hydrogen-bond acceptors (Lipinski definition) is 3. The van der Waals surface area contributed by atoms with Crippen LogP contribution in [0, 0.1) is 13.8 Å². The summed E-state index contributed by atoms with van der Waals surface area (Å²) in [5, 5.41) is 12.2. The third-order valence-electron chi connectivity index (χ3n) is 3.10. The third-order valence-corrected chi connectivity index (χ3v) is 3.10. The SMILES string of the molecule is CCn1nc(C)cc1NCc1c(C)cnn1CC. The van der Waals surface area contributed by atoms with E-state index in [0.717, 1.165) is 31.1 Å². The molecule has 0 fully saturated rings. The maximum atomic E-state index is 4.43. The molecule has 0 saturated heterocycles. The summed E-state index contributed by atoms with van der Waals surface area (Å²) in [6, 6.07) is 2.07. The molecular weight excluding hydrogens is 226 g/mol. The van der Waals surface area contributed by atoms with Crippen molar-refractivity contribution in [2.24, 2.45) is 0 Å². The average molecular weight is 247 g/mol. The van der Waals surface area contributed by atoms with Gasteiger partial charge in [-0.15, -0.1) is 0 Å². The molecule has 0 aliphatic rings. The normalized spacial score (nSPS) is 10.9. The molecule has 98 valence electrons. The fourth-order valence-electron chi connectivity index (χ4n) is 2.11. The molecule has 0 bridgehead atoms. The Morgan fingerprint density at radius 2 is 1.89 bits per heavy atom. The molecule has 2 aromatic heterocycles. The molecule has 0 spiro atoms. The van der Waals surface area contributed by atoms with E-state index < -0.39 is 0 Å². The zero-order valence-corrected chi connectivity index (χ0v) is 11.6. The van der Waals surface area contributed by atoms with Crippen LogP contribution >= 0.6 is 0 Å². The number of aromatic nitrogens is 4. The number of aryl methyl sites for hydroxylation is 4. The van der Waals surface area contributed by atoms with Gasteiger partial charge in [-0.25, -0.2) is 4.68 Å². The second-order valence-electron chi connectivity index (χ2n) is 4.43. The molecule has 2 aromatic rings. The zero-order valence-electron chi connectivity index (χ0n) is 11.6. The minimum absolute atomic E-state index is 0.783. The van der Waals surface area contributed by atoms with Gasteiger partial charge < -0.3 is 5.32 Å². The molecule has 5 heteroatoms. The molecular formula is C13H21N5. The van der Waals surface area contributed by atoms with Crippen molar-refractivity contribution in [1.82, 2.24) is 19.6 Å². The fraction of sp³-hybridized carbons (Fsp3) is 0.538. The molecule has 1 N–H and O–H groups in total. The van der Waals surface area contributed by atoms with Crippen molar-refractivity contribution in [2.75, 3.05) is 5.32 Å². The van der Waals surface area contributed by atoms with E-state index in [9.17, 15) is 0 Å². The van der Waals surface area contributed by atoms with E-state index in [0.29, 0.717) is 0 Å². The number of rotatable bonds is 5. The van der Waals surface area contributed by atoms with Gasteiger partial charge in [0, 0.05) is 19.2 Å². The molecule has 0 amide bonds. The van der Waals surface area contributed by atoms with Crippen LogP contribution in [0.5, 0.6) is 0 Å². The van der Waals surface area contributed by atoms with Gasteiger partial charge >= 0.3 is 0 Å². The van der Waals surface area contributed by atoms with Crippen LogP contribution in [-0.4, -0.2) is 19.6 Å². The lowest BCUT2D eigenvalue weighted by molar-refractivity contribution is 0.621. The highest BCUT2D eigenvalue weighted by atomic mass is 15.3. The second-order valence-corrected chi connectivity index (χ2v) is 4.43. The van der Waals surface area contributed by atoms with Gasteiger partial charge in [0.1, 0.15) is 5.82 Å². The average Bonchev–Trinajstić information content (AvgIpc) is 2.89. The zero-order chi connectivity index (χ0) is 13.1. The Hall–Kier alpha value is -1.78. The van der Waals surface area contributed by atoms with E-state index in [1.54, 1.807) is 0 Å². The van der Waals surface area contributed by atoms with Gasteiger partial charge in [-0.2, -0.15) is 10.2 Å². The predicted molar refractivity (Wildman–Crippen MR) is 72.6 cm³/mol. The molecule has 0 aromatic carbocycles. The van der Waals surface area contributed by atoms with E-state index in [-0.39, 0.29) is 0 Å². The minimum Gasteiger partial charge on any atom is -0.365 e. The lowest BCUT2D eigenvalue weighted by Crippen LogP contribution is -2.11. The highest BCUT2D eigenvalue weighted by Gasteiger charge is 2.08. The first-order chi connectivity index (χ1) is 8.65. The Balaban J connectivity index is 2.13. The Labute approximate surface area is 108 Å². The monoisotopic (exact) mass is 247 g/mol. The highest BCUT2D eigenvalue weighted by Crippen LogP contribution is 2.13. The van der Waals surface area contributed by atoms with Crippen LogP contribution in [0.2, 0.25) is 0 Å². The van der Waals surface area contributed by atoms with Crippen molar-refractivity contribution in [3.63, 3.8) is 0 Å². The molecule has 0 unspecified atom stereocenters. The maximum absolute atomic E-state index is 4.43. The van der Waals surface area contributed by atoms with Crippen LogP contribution in [0.15, 0.2) is 12.3 Å². The smallest absolute Gasteiger partial charge is 0.124 e. The molecule has 2 rings (SSSR count). The fourth-order valence-corrected chi connectivity index (χ4v) is 2.11. The van der Waals surface area contributed by atoms with Gasteiger partial charge in [-0.3, -0.25) is 4.68 Å². The summed E-state index contributed by atoms with van der Waals surface area (Å²) in [5.41, 5.74) is 3.50. The first-order valence-corrected chi connectivity index (χ1v) is 6.45. The molecule has 0 radical (unpaired) electrons. The molecule has 5 nitrogen and oxygen atoms in total. The van der Waals surface area contributed by atoms with E-state index in [2.05, 4.69) is 42.4 Å². The lowest BCUT2D eigenvalue weighted by Gasteiger charge is -2.10. The summed E-state index contributed by atoms with van der Waals surface area (Å²) in [6.45, 7) is 10.9. The topological polar surface area (TPSA) is 47.7 Å². The predicted octanol–water partition coefficient (Wildman–Crippen LogP) is 2.35. The van der Waals surface area contributed by atoms with Crippen molar-refractivity contribution >= 4 is 5.82 Å². The summed E-state index contributed by atoms with van der Waals surface area (Å²) in [5.74, 6) is 1.07. The van der Waals surface area contributed by atoms with Crippen LogP contribution in [-0.2, 0) is 19.6 Å². The van der Waals surface area contributed by atoms with Crippen LogP contribution in [0.1, 0.15) is 30.8 Å². The summed E-state index contributed by atoms with van der Waals surface area (Å²) in [4.78, 5) is 0. The van der Waals surface area contributed by atoms with Crippen molar-refractivity contribution in [2.45, 2.75) is 47.3 Å². The molecule has 0 atom stereocenters. The van der Waals surface area contributed by atoms with Gasteiger partial charge in [-0.1, -0.05) is 0 Å². The quantitative estimate of drug-likeness (QED) is 0.882. The third kappa shape index (κ3) is 2.39. The number of nitrogens with one attached hydrogen (secondary N) is 1. The van der Waals surface area contributed by atoms with Crippen molar-refractivity contribution in [1.29, 1.82) is 0 Å². The van der Waals surface area contributed by atoms with Crippen molar-refractivity contribution < 1.29 is 0 Å². The second kappa shape index (κ2) is 5.25. The number of nitrogens with zero attached hydrogens (tertiary/aromatic N) is 4. The largest absolute Gasteiger partial charge is 0.365 e. The minimum atomic E-state index is 0.783. The van der Waals surface area contributed by atoms with E-state index in [4.69, 9.17) is 0 Å². The molecule has 2 heterocycles. The van der Waals surface area contributed by atoms with Crippen LogP contribution < -0.4 is 5.32 Å². The van der Waals surface area contributed by atoms with Crippen molar-refractivity contribution in [3.8, 4) is 0 Å². The Morgan fingerprint density at radius 3 is 2.56 bits per heavy atom. The Kier molecular flexibility index (Phi) is 3.69. The first-order valence-electron chi connectivity index (χ1n) is 6.45. The van der Waals surface area contributed by atoms with E-state index >= 15 is 0 Å². The first kappa shape index (κ1) is 12.7. The standard InChI is InChI=1S/C13H21N5/c1-5-17-12(10(3)8-15-17)9-14-13-7-11(4)16-18(13)6-2/h7-8,14H,5-6,9H2,1-4H3. The summed E-state index contributed by atoms with van der Waals surface area (Å²) in [6.07, 6.45) is 1.92. The van der Waals surface area contributed by atoms with Crippen LogP contribution in [0.25, 0.3) is 0 Å². The number of anilines is 1. The lowest BCUT2D eigenvalue weighted by atomic mass is 10.2. The van der Waals surface area contributed by atoms with Gasteiger partial charge in [0.2, 0.25) is 0 Å². The molecule has 0 saturated carbocycles. The van der Waals surface area contributed by atoms with E-state index in [1.165, 1.54) is 11.3 Å². The highest BCUT2D eigenvalue weighted by molar-refractivity contribution is 5.38. The van der Waals surface area contributed by atoms with Crippen molar-refractivity contribution in [3.05, 3.63) is 29.2 Å². The summed E-state index contributed by atoms with van der Waals surface area (Å²) < 4.78 is 4.01. The Bertz CT molecular complexity index is 523. The van der Waals surface area contributed by atoms with Crippen LogP contribution in [0.4, 0.5) is 5.82 Å². The molecule has 0 aliphatic heterocycles. The summed E-state index contributed by atoms with van der Waals surface area (Å²) >= 11 is 0. The Morgan fingerprint density at radius 1 is 1.17 bits per heavy atom. The molecule has 18 heavy (non-hydrogen) atoms. The molecule has 0 aliphatic carbocycles. The van der Waals surface area contributed by atoms with Gasteiger partial charge in [-0.05, 0) is 33.3 Å². The van der Waals surface area contributed by atoms with Crippen LogP contribution in [0.3, 0.4) is 0 Å². The maximum Gasteiger partial charge on any atom is 0.124 e. The van der Waals surface area contributed by atoms with Gasteiger partial charge in [0.25, 0.3) is 0 Å². The van der Waals surface area contributed by atoms with Gasteiger partial charge in [0.15, 0.2) is 0 Å². The van der Waals surface area contributed by atoms with E-state index in [1.807, 2.05) is 22.5 Å². The van der Waals surface area contributed by atoms with Gasteiger partial charge in [0.05, 0.1) is 24.1 Å². The number of hydrogen-bond donors (Lipinski definition) is 1.